The zero-order valence-corrected chi connectivity index (χ0v) is 8.73. The molecule has 0 amide bonds. The van der Waals surface area contributed by atoms with Gasteiger partial charge in [-0.2, -0.15) is 8.42 Å². The van der Waals surface area contributed by atoms with Gasteiger partial charge in [-0.15, -0.1) is 0 Å². The third kappa shape index (κ3) is 4.31. The molecule has 13 heavy (non-hydrogen) atoms. The zero-order valence-electron chi connectivity index (χ0n) is 7.10. The summed E-state index contributed by atoms with van der Waals surface area (Å²) >= 11 is 0. The normalized spacial score (nSPS) is 11.5. The van der Waals surface area contributed by atoms with Crippen LogP contribution in [0.1, 0.15) is 11.1 Å². The molecule has 0 bridgehead atoms. The van der Waals surface area contributed by atoms with Crippen LogP contribution in [0.5, 0.6) is 0 Å². The van der Waals surface area contributed by atoms with Gasteiger partial charge >= 0.3 is 9.15 Å². The highest BCUT2D eigenvalue weighted by atomic mass is 33.1. The molecule has 0 aliphatic heterocycles. The molecule has 0 unspecified atom stereocenters. The van der Waals surface area contributed by atoms with Crippen molar-refractivity contribution in [1.29, 1.82) is 0 Å². The maximum Gasteiger partial charge on any atom is 0.320 e. The molecule has 0 saturated carbocycles. The van der Waals surface area contributed by atoms with E-state index in [2.05, 4.69) is 0 Å². The first-order valence-electron chi connectivity index (χ1n) is 3.65. The molecule has 0 fully saturated rings. The summed E-state index contributed by atoms with van der Waals surface area (Å²) in [5.74, 6) is 0.277. The molecule has 1 rings (SSSR count). The lowest BCUT2D eigenvalue weighted by Crippen LogP contribution is -1.90. The quantitative estimate of drug-likeness (QED) is 0.623. The molecule has 0 aliphatic carbocycles. The molecule has 1 aromatic carbocycles. The van der Waals surface area contributed by atoms with Gasteiger partial charge in [0.1, 0.15) is 0 Å². The second-order valence-corrected chi connectivity index (χ2v) is 6.03. The van der Waals surface area contributed by atoms with Crippen LogP contribution in [-0.2, 0) is 14.9 Å². The number of aryl methyl sites for hydroxylation is 1. The van der Waals surface area contributed by atoms with Crippen LogP contribution >= 0.6 is 10.8 Å². The molecule has 5 heteroatoms. The van der Waals surface area contributed by atoms with Gasteiger partial charge in [0.25, 0.3) is 0 Å². The van der Waals surface area contributed by atoms with Crippen molar-refractivity contribution in [2.45, 2.75) is 12.7 Å². The second-order valence-electron chi connectivity index (χ2n) is 2.68. The van der Waals surface area contributed by atoms with Crippen LogP contribution in [0, 0.1) is 6.92 Å². The zero-order chi connectivity index (χ0) is 9.90. The Kier molecular flexibility index (Phi) is 3.35. The first-order valence-corrected chi connectivity index (χ1v) is 6.59. The van der Waals surface area contributed by atoms with Gasteiger partial charge in [-0.1, -0.05) is 29.8 Å². The van der Waals surface area contributed by atoms with E-state index in [1.54, 1.807) is 0 Å². The number of hydrogen-bond acceptors (Lipinski definition) is 3. The summed E-state index contributed by atoms with van der Waals surface area (Å²) in [4.78, 5) is 0. The van der Waals surface area contributed by atoms with Crippen molar-refractivity contribution in [3.63, 3.8) is 0 Å². The van der Waals surface area contributed by atoms with Crippen molar-refractivity contribution >= 4 is 19.9 Å². The summed E-state index contributed by atoms with van der Waals surface area (Å²) in [6.45, 7) is 1.96. The molecule has 0 heterocycles. The van der Waals surface area contributed by atoms with Crippen LogP contribution in [0.25, 0.3) is 0 Å². The Morgan fingerprint density at radius 3 is 2.31 bits per heavy atom. The number of hydrogen-bond donors (Lipinski definition) is 1. The lowest BCUT2D eigenvalue weighted by atomic mass is 10.2. The molecule has 0 aromatic heterocycles. The summed E-state index contributed by atoms with van der Waals surface area (Å²) in [7, 11) is -3.40. The lowest BCUT2D eigenvalue weighted by Gasteiger charge is -1.98. The van der Waals surface area contributed by atoms with Crippen molar-refractivity contribution < 1.29 is 13.0 Å². The van der Waals surface area contributed by atoms with Gasteiger partial charge in [0.05, 0.1) is 0 Å². The van der Waals surface area contributed by atoms with E-state index in [0.29, 0.717) is 10.8 Å². The molecule has 0 radical (unpaired) electrons. The van der Waals surface area contributed by atoms with Gasteiger partial charge in [-0.3, -0.25) is 4.55 Å². The molecular formula is C8H10O3S2. The highest BCUT2D eigenvalue weighted by Crippen LogP contribution is 2.17. The summed E-state index contributed by atoms with van der Waals surface area (Å²) in [5.41, 5.74) is 2.01. The Hall–Kier alpha value is -0.520. The molecule has 0 aliphatic rings. The average molecular weight is 218 g/mol. The first-order chi connectivity index (χ1) is 5.97. The van der Waals surface area contributed by atoms with Crippen LogP contribution in [0.2, 0.25) is 0 Å². The van der Waals surface area contributed by atoms with Crippen molar-refractivity contribution in [2.75, 3.05) is 0 Å². The lowest BCUT2D eigenvalue weighted by molar-refractivity contribution is 0.503. The fourth-order valence-electron chi connectivity index (χ4n) is 0.827. The van der Waals surface area contributed by atoms with Gasteiger partial charge in [0.15, 0.2) is 0 Å². The van der Waals surface area contributed by atoms with Gasteiger partial charge in [0.2, 0.25) is 0 Å². The minimum absolute atomic E-state index is 0.277. The molecule has 1 N–H and O–H groups in total. The molecular weight excluding hydrogens is 208 g/mol. The summed E-state index contributed by atoms with van der Waals surface area (Å²) in [5, 5.41) is 0. The van der Waals surface area contributed by atoms with E-state index in [1.165, 1.54) is 0 Å². The molecule has 1 aromatic rings. The van der Waals surface area contributed by atoms with Crippen LogP contribution < -0.4 is 0 Å². The van der Waals surface area contributed by atoms with Crippen LogP contribution in [0.3, 0.4) is 0 Å². The summed E-state index contributed by atoms with van der Waals surface area (Å²) in [6.07, 6.45) is 0. The largest absolute Gasteiger partial charge is 0.320 e. The molecule has 0 atom stereocenters. The van der Waals surface area contributed by atoms with Crippen molar-refractivity contribution in [2.24, 2.45) is 0 Å². The van der Waals surface area contributed by atoms with E-state index in [1.807, 2.05) is 31.2 Å². The van der Waals surface area contributed by atoms with Gasteiger partial charge < -0.3 is 0 Å². The van der Waals surface area contributed by atoms with E-state index in [4.69, 9.17) is 4.55 Å². The monoisotopic (exact) mass is 218 g/mol. The standard InChI is InChI=1S/C8H10O3S2/c1-7-2-4-8(5-3-7)6-12-13(9,10)11/h2-5H,6H2,1H3,(H,9,10,11). The Morgan fingerprint density at radius 2 is 1.85 bits per heavy atom. The minimum Gasteiger partial charge on any atom is -0.277 e. The van der Waals surface area contributed by atoms with E-state index in [-0.39, 0.29) is 5.75 Å². The predicted octanol–water partition coefficient (Wildman–Crippen LogP) is 2.03. The van der Waals surface area contributed by atoms with Crippen LogP contribution in [-0.4, -0.2) is 13.0 Å². The molecule has 0 spiro atoms. The first kappa shape index (κ1) is 10.6. The Labute approximate surface area is 81.3 Å². The molecule has 0 saturated heterocycles. The van der Waals surface area contributed by atoms with Gasteiger partial charge in [-0.25, -0.2) is 0 Å². The second kappa shape index (κ2) is 4.13. The Morgan fingerprint density at radius 1 is 1.31 bits per heavy atom. The molecule has 72 valence electrons. The maximum atomic E-state index is 10.4. The van der Waals surface area contributed by atoms with Gasteiger partial charge in [0, 0.05) is 16.5 Å². The SMILES string of the molecule is Cc1ccc(CSS(=O)(=O)O)cc1. The van der Waals surface area contributed by atoms with E-state index >= 15 is 0 Å². The fraction of sp³-hybridized carbons (Fsp3) is 0.250. The van der Waals surface area contributed by atoms with E-state index < -0.39 is 9.15 Å². The highest BCUT2D eigenvalue weighted by molar-refractivity contribution is 8.69. The number of rotatable bonds is 3. The van der Waals surface area contributed by atoms with E-state index in [9.17, 15) is 8.42 Å². The van der Waals surface area contributed by atoms with E-state index in [0.717, 1.165) is 11.1 Å². The number of benzene rings is 1. The summed E-state index contributed by atoms with van der Waals surface area (Å²) in [6, 6.07) is 7.49. The minimum atomic E-state index is -3.92. The third-order valence-corrected chi connectivity index (χ3v) is 3.49. The Bertz CT molecular complexity index is 367. The topological polar surface area (TPSA) is 54.4 Å². The average Bonchev–Trinajstić information content (AvgIpc) is 2.02. The van der Waals surface area contributed by atoms with Crippen molar-refractivity contribution in [3.8, 4) is 0 Å². The van der Waals surface area contributed by atoms with Crippen LogP contribution in [0.4, 0.5) is 0 Å². The van der Waals surface area contributed by atoms with Crippen LogP contribution in [0.15, 0.2) is 24.3 Å². The van der Waals surface area contributed by atoms with Gasteiger partial charge in [-0.05, 0) is 12.5 Å². The van der Waals surface area contributed by atoms with Crippen molar-refractivity contribution in [3.05, 3.63) is 35.4 Å². The third-order valence-electron chi connectivity index (χ3n) is 1.50. The Balaban J connectivity index is 2.61. The predicted molar refractivity (Wildman–Crippen MR) is 54.0 cm³/mol. The summed E-state index contributed by atoms with van der Waals surface area (Å²) < 4.78 is 29.2. The highest BCUT2D eigenvalue weighted by Gasteiger charge is 2.04. The smallest absolute Gasteiger partial charge is 0.277 e. The maximum absolute atomic E-state index is 10.4. The van der Waals surface area contributed by atoms with Crippen molar-refractivity contribution in [1.82, 2.24) is 0 Å². The molecule has 3 nitrogen and oxygen atoms in total. The fourth-order valence-corrected chi connectivity index (χ4v) is 2.16.